The van der Waals surface area contributed by atoms with Crippen LogP contribution >= 0.6 is 0 Å². The van der Waals surface area contributed by atoms with Crippen LogP contribution in [0.5, 0.6) is 0 Å². The third kappa shape index (κ3) is 5.50. The van der Waals surface area contributed by atoms with Crippen LogP contribution in [0.4, 0.5) is 0 Å². The van der Waals surface area contributed by atoms with Crippen LogP contribution in [0.25, 0.3) is 0 Å². The first-order valence-corrected chi connectivity index (χ1v) is 6.41. The lowest BCUT2D eigenvalue weighted by Gasteiger charge is -2.30. The van der Waals surface area contributed by atoms with Gasteiger partial charge in [-0.15, -0.1) is 0 Å². The molecule has 17 heavy (non-hydrogen) atoms. The number of likely N-dealkylation sites (N-methyl/N-ethyl adjacent to an activating group) is 1. The highest BCUT2D eigenvalue weighted by Gasteiger charge is 2.30. The molecule has 0 aromatic heterocycles. The van der Waals surface area contributed by atoms with Crippen molar-refractivity contribution in [1.29, 1.82) is 0 Å². The Morgan fingerprint density at radius 2 is 2.12 bits per heavy atom. The summed E-state index contributed by atoms with van der Waals surface area (Å²) in [5, 5.41) is 6.37. The van der Waals surface area contributed by atoms with Crippen LogP contribution in [-0.4, -0.2) is 49.6 Å². The van der Waals surface area contributed by atoms with E-state index in [1.54, 1.807) is 0 Å². The predicted octanol–water partition coefficient (Wildman–Crippen LogP) is 0.833. The van der Waals surface area contributed by atoms with E-state index in [1.165, 1.54) is 6.42 Å². The van der Waals surface area contributed by atoms with Gasteiger partial charge in [-0.05, 0) is 46.2 Å². The van der Waals surface area contributed by atoms with Crippen molar-refractivity contribution < 1.29 is 4.79 Å². The van der Waals surface area contributed by atoms with E-state index in [4.69, 9.17) is 0 Å². The van der Waals surface area contributed by atoms with Gasteiger partial charge < -0.3 is 10.6 Å². The molecule has 4 heteroatoms. The molecule has 4 nitrogen and oxygen atoms in total. The maximum absolute atomic E-state index is 11.8. The molecule has 0 radical (unpaired) electrons. The van der Waals surface area contributed by atoms with Crippen molar-refractivity contribution in [2.24, 2.45) is 5.41 Å². The lowest BCUT2D eigenvalue weighted by molar-refractivity contribution is -0.123. The Balaban J connectivity index is 2.34. The highest BCUT2D eigenvalue weighted by molar-refractivity contribution is 5.78. The molecule has 0 saturated carbocycles. The topological polar surface area (TPSA) is 44.4 Å². The summed E-state index contributed by atoms with van der Waals surface area (Å²) in [7, 11) is 2.02. The molecular weight excluding hydrogens is 214 g/mol. The molecular formula is C13H27N3O. The first-order valence-electron chi connectivity index (χ1n) is 6.41. The van der Waals surface area contributed by atoms with Gasteiger partial charge in [0.05, 0.1) is 6.54 Å². The average Bonchev–Trinajstić information content (AvgIpc) is 2.46. The van der Waals surface area contributed by atoms with Gasteiger partial charge in [0.1, 0.15) is 0 Å². The summed E-state index contributed by atoms with van der Waals surface area (Å²) in [5.74, 6) is 0.106. The number of nitrogens with zero attached hydrogens (tertiary/aromatic N) is 1. The van der Waals surface area contributed by atoms with Crippen molar-refractivity contribution in [1.82, 2.24) is 15.5 Å². The monoisotopic (exact) mass is 241 g/mol. The van der Waals surface area contributed by atoms with Crippen molar-refractivity contribution in [3.05, 3.63) is 0 Å². The molecule has 1 heterocycles. The lowest BCUT2D eigenvalue weighted by atomic mass is 9.89. The van der Waals surface area contributed by atoms with E-state index in [0.29, 0.717) is 12.0 Å². The summed E-state index contributed by atoms with van der Waals surface area (Å²) in [6, 6.07) is 0. The van der Waals surface area contributed by atoms with Gasteiger partial charge in [-0.25, -0.2) is 0 Å². The van der Waals surface area contributed by atoms with E-state index in [0.717, 1.165) is 19.6 Å². The summed E-state index contributed by atoms with van der Waals surface area (Å²) >= 11 is 0. The third-order valence-corrected chi connectivity index (χ3v) is 3.04. The number of nitrogens with one attached hydrogen (secondary N) is 2. The summed E-state index contributed by atoms with van der Waals surface area (Å²) in [6.45, 7) is 11.9. The molecule has 0 bridgehead atoms. The average molecular weight is 241 g/mol. The minimum absolute atomic E-state index is 0.106. The molecule has 1 aliphatic rings. The SMILES string of the molecule is CN(CC(=O)NC(C)(C)C)CC1(C)CCNC1. The molecule has 1 amide bonds. The van der Waals surface area contributed by atoms with Gasteiger partial charge >= 0.3 is 0 Å². The minimum atomic E-state index is -0.142. The van der Waals surface area contributed by atoms with Crippen molar-refractivity contribution in [3.8, 4) is 0 Å². The molecule has 0 aromatic carbocycles. The molecule has 1 atom stereocenters. The fourth-order valence-electron chi connectivity index (χ4n) is 2.41. The molecule has 0 spiro atoms. The van der Waals surface area contributed by atoms with Crippen LogP contribution in [0, 0.1) is 5.41 Å². The van der Waals surface area contributed by atoms with Crippen LogP contribution in [-0.2, 0) is 4.79 Å². The van der Waals surface area contributed by atoms with Crippen LogP contribution in [0.1, 0.15) is 34.1 Å². The largest absolute Gasteiger partial charge is 0.350 e. The van der Waals surface area contributed by atoms with Gasteiger partial charge in [-0.3, -0.25) is 9.69 Å². The second-order valence-corrected chi connectivity index (χ2v) is 6.71. The Morgan fingerprint density at radius 3 is 2.59 bits per heavy atom. The molecule has 100 valence electrons. The van der Waals surface area contributed by atoms with E-state index < -0.39 is 0 Å². The molecule has 2 N–H and O–H groups in total. The zero-order chi connectivity index (χ0) is 13.1. The van der Waals surface area contributed by atoms with Gasteiger partial charge in [0.25, 0.3) is 0 Å². The normalized spacial score (nSPS) is 25.3. The lowest BCUT2D eigenvalue weighted by Crippen LogP contribution is -2.47. The van der Waals surface area contributed by atoms with Crippen LogP contribution < -0.4 is 10.6 Å². The number of rotatable bonds is 4. The fourth-order valence-corrected chi connectivity index (χ4v) is 2.41. The third-order valence-electron chi connectivity index (χ3n) is 3.04. The molecule has 1 saturated heterocycles. The second-order valence-electron chi connectivity index (χ2n) is 6.71. The molecule has 1 rings (SSSR count). The number of carbonyl (C=O) groups is 1. The fraction of sp³-hybridized carbons (Fsp3) is 0.923. The second kappa shape index (κ2) is 5.36. The summed E-state index contributed by atoms with van der Waals surface area (Å²) in [5.41, 5.74) is 0.174. The molecule has 0 aliphatic carbocycles. The van der Waals surface area contributed by atoms with E-state index in [9.17, 15) is 4.79 Å². The Labute approximate surface area is 105 Å². The number of carbonyl (C=O) groups excluding carboxylic acids is 1. The van der Waals surface area contributed by atoms with Crippen molar-refractivity contribution >= 4 is 5.91 Å². The first kappa shape index (κ1) is 14.5. The smallest absolute Gasteiger partial charge is 0.234 e. The van der Waals surface area contributed by atoms with Gasteiger partial charge in [-0.1, -0.05) is 6.92 Å². The minimum Gasteiger partial charge on any atom is -0.350 e. The van der Waals surface area contributed by atoms with Gasteiger partial charge in [0.2, 0.25) is 5.91 Å². The first-order chi connectivity index (χ1) is 7.70. The number of amides is 1. The summed E-state index contributed by atoms with van der Waals surface area (Å²) in [4.78, 5) is 13.9. The zero-order valence-corrected chi connectivity index (χ0v) is 11.9. The number of hydrogen-bond acceptors (Lipinski definition) is 3. The van der Waals surface area contributed by atoms with Crippen molar-refractivity contribution in [3.63, 3.8) is 0 Å². The molecule has 0 aromatic rings. The van der Waals surface area contributed by atoms with Crippen LogP contribution in [0.15, 0.2) is 0 Å². The molecule has 1 fully saturated rings. The summed E-state index contributed by atoms with van der Waals surface area (Å²) in [6.07, 6.45) is 1.19. The van der Waals surface area contributed by atoms with E-state index in [-0.39, 0.29) is 11.4 Å². The van der Waals surface area contributed by atoms with Crippen LogP contribution in [0.3, 0.4) is 0 Å². The highest BCUT2D eigenvalue weighted by atomic mass is 16.2. The Hall–Kier alpha value is -0.610. The summed E-state index contributed by atoms with van der Waals surface area (Å²) < 4.78 is 0. The van der Waals surface area contributed by atoms with E-state index in [1.807, 2.05) is 27.8 Å². The highest BCUT2D eigenvalue weighted by Crippen LogP contribution is 2.24. The van der Waals surface area contributed by atoms with E-state index >= 15 is 0 Å². The van der Waals surface area contributed by atoms with Crippen molar-refractivity contribution in [2.75, 3.05) is 33.2 Å². The van der Waals surface area contributed by atoms with Gasteiger partial charge in [0, 0.05) is 18.6 Å². The van der Waals surface area contributed by atoms with Gasteiger partial charge in [-0.2, -0.15) is 0 Å². The zero-order valence-electron chi connectivity index (χ0n) is 11.9. The van der Waals surface area contributed by atoms with Crippen molar-refractivity contribution in [2.45, 2.75) is 39.7 Å². The Bertz CT molecular complexity index is 264. The standard InChI is InChI=1S/C13H27N3O/c1-12(2,3)15-11(17)8-16(5)10-13(4)6-7-14-9-13/h14H,6-10H2,1-5H3,(H,15,17). The maximum atomic E-state index is 11.8. The quantitative estimate of drug-likeness (QED) is 0.766. The molecule has 1 unspecified atom stereocenters. The maximum Gasteiger partial charge on any atom is 0.234 e. The van der Waals surface area contributed by atoms with Crippen LogP contribution in [0.2, 0.25) is 0 Å². The molecule has 1 aliphatic heterocycles. The van der Waals surface area contributed by atoms with Gasteiger partial charge in [0.15, 0.2) is 0 Å². The Kier molecular flexibility index (Phi) is 4.55. The Morgan fingerprint density at radius 1 is 1.47 bits per heavy atom. The predicted molar refractivity (Wildman–Crippen MR) is 71.0 cm³/mol. The number of hydrogen-bond donors (Lipinski definition) is 2. The van der Waals surface area contributed by atoms with E-state index in [2.05, 4.69) is 22.5 Å².